The molecule has 2 heterocycles. The molecule has 0 aliphatic carbocycles. The Balaban J connectivity index is 0.00000324. The van der Waals surface area contributed by atoms with Crippen LogP contribution in [0.5, 0.6) is 5.75 Å². The van der Waals surface area contributed by atoms with E-state index in [0.717, 1.165) is 41.9 Å². The average molecular weight is 573 g/mol. The molecule has 0 atom stereocenters. The molecule has 0 aliphatic rings. The van der Waals surface area contributed by atoms with E-state index in [1.165, 1.54) is 22.0 Å². The molecule has 0 saturated heterocycles. The van der Waals surface area contributed by atoms with Gasteiger partial charge in [-0.2, -0.15) is 0 Å². The van der Waals surface area contributed by atoms with Gasteiger partial charge in [-0.05, 0) is 49.1 Å². The van der Waals surface area contributed by atoms with E-state index < -0.39 is 0 Å². The summed E-state index contributed by atoms with van der Waals surface area (Å²) in [7, 11) is 3.63. The Hall–Kier alpha value is -3.08. The largest absolute Gasteiger partial charge is 0.497 e. The number of hydrogen-bond acceptors (Lipinski definition) is 4. The van der Waals surface area contributed by atoms with Gasteiger partial charge in [-0.3, -0.25) is 0 Å². The second kappa shape index (κ2) is 11.9. The number of halogens is 1. The Kier molecular flexibility index (Phi) is 8.91. The number of H-pyrrole nitrogens is 1. The van der Waals surface area contributed by atoms with Crippen molar-refractivity contribution >= 4 is 40.8 Å². The number of aryl methyl sites for hydroxylation is 2. The van der Waals surface area contributed by atoms with Crippen LogP contribution in [0.3, 0.4) is 0 Å². The first-order valence-electron chi connectivity index (χ1n) is 11.1. The molecule has 180 valence electrons. The number of aliphatic imine (C=N–C) groups is 1. The molecule has 2 aromatic heterocycles. The number of fused-ring (bicyclic) bond motifs is 1. The van der Waals surface area contributed by atoms with Crippen molar-refractivity contribution in [2.75, 3.05) is 13.7 Å². The van der Waals surface area contributed by atoms with Crippen molar-refractivity contribution < 1.29 is 4.74 Å². The van der Waals surface area contributed by atoms with Gasteiger partial charge in [0.25, 0.3) is 0 Å². The van der Waals surface area contributed by atoms with E-state index in [4.69, 9.17) is 9.73 Å². The van der Waals surface area contributed by atoms with E-state index in [1.54, 1.807) is 7.11 Å². The molecule has 34 heavy (non-hydrogen) atoms. The summed E-state index contributed by atoms with van der Waals surface area (Å²) in [5, 5.41) is 16.5. The molecule has 0 radical (unpaired) electrons. The summed E-state index contributed by atoms with van der Waals surface area (Å²) in [6, 6.07) is 14.4. The molecule has 0 amide bonds. The predicted octanol–water partition coefficient (Wildman–Crippen LogP) is 4.02. The third-order valence-corrected chi connectivity index (χ3v) is 5.87. The summed E-state index contributed by atoms with van der Waals surface area (Å²) in [5.74, 6) is 3.32. The van der Waals surface area contributed by atoms with Gasteiger partial charge >= 0.3 is 0 Å². The van der Waals surface area contributed by atoms with Crippen LogP contribution in [0.4, 0.5) is 0 Å². The number of aromatic nitrogens is 4. The molecule has 0 bridgehead atoms. The molecule has 0 aliphatic heterocycles. The van der Waals surface area contributed by atoms with Gasteiger partial charge in [0.1, 0.15) is 11.6 Å². The molecule has 0 spiro atoms. The Labute approximate surface area is 217 Å². The van der Waals surface area contributed by atoms with Crippen LogP contribution in [-0.4, -0.2) is 39.4 Å². The summed E-state index contributed by atoms with van der Waals surface area (Å²) in [6.07, 6.45) is 2.99. The Morgan fingerprint density at radius 1 is 1.09 bits per heavy atom. The number of rotatable bonds is 8. The van der Waals surface area contributed by atoms with Gasteiger partial charge in [0.05, 0.1) is 20.2 Å². The zero-order valence-electron chi connectivity index (χ0n) is 20.1. The van der Waals surface area contributed by atoms with Gasteiger partial charge in [0.2, 0.25) is 0 Å². The van der Waals surface area contributed by atoms with Gasteiger partial charge in [-0.1, -0.05) is 30.3 Å². The molecular formula is C25H32IN7O. The highest BCUT2D eigenvalue weighted by molar-refractivity contribution is 14.0. The van der Waals surface area contributed by atoms with Crippen LogP contribution in [0.25, 0.3) is 10.9 Å². The molecule has 0 unspecified atom stereocenters. The first-order chi connectivity index (χ1) is 16.0. The fraction of sp³-hybridized carbons (Fsp3) is 0.320. The van der Waals surface area contributed by atoms with E-state index >= 15 is 0 Å². The highest BCUT2D eigenvalue weighted by Crippen LogP contribution is 2.21. The van der Waals surface area contributed by atoms with Crippen molar-refractivity contribution in [1.82, 2.24) is 30.4 Å². The fourth-order valence-electron chi connectivity index (χ4n) is 3.73. The van der Waals surface area contributed by atoms with E-state index in [0.29, 0.717) is 13.1 Å². The van der Waals surface area contributed by atoms with E-state index in [1.807, 2.05) is 42.8 Å². The highest BCUT2D eigenvalue weighted by atomic mass is 127. The van der Waals surface area contributed by atoms with Crippen molar-refractivity contribution in [1.29, 1.82) is 0 Å². The Morgan fingerprint density at radius 3 is 2.59 bits per heavy atom. The van der Waals surface area contributed by atoms with Crippen LogP contribution in [0.1, 0.15) is 28.3 Å². The van der Waals surface area contributed by atoms with Crippen LogP contribution in [0.15, 0.2) is 53.7 Å². The van der Waals surface area contributed by atoms with Gasteiger partial charge in [-0.25, -0.2) is 4.99 Å². The summed E-state index contributed by atoms with van der Waals surface area (Å²) in [5.41, 5.74) is 4.86. The topological polar surface area (TPSA) is 92.2 Å². The van der Waals surface area contributed by atoms with Gasteiger partial charge in [0, 0.05) is 30.7 Å². The Morgan fingerprint density at radius 2 is 1.88 bits per heavy atom. The van der Waals surface area contributed by atoms with Gasteiger partial charge < -0.3 is 24.9 Å². The van der Waals surface area contributed by atoms with Crippen LogP contribution < -0.4 is 15.4 Å². The SMILES string of the molecule is COc1ccc(CN=C(NCCc2c[nH]c3c(C)cccc23)NCc2nnc(C)n2C)cc1.I. The lowest BCUT2D eigenvalue weighted by Crippen LogP contribution is -2.38. The molecular weight excluding hydrogens is 541 g/mol. The molecule has 2 aromatic carbocycles. The van der Waals surface area contributed by atoms with Crippen molar-refractivity contribution in [2.45, 2.75) is 33.4 Å². The summed E-state index contributed by atoms with van der Waals surface area (Å²) in [6.45, 7) is 5.92. The zero-order valence-corrected chi connectivity index (χ0v) is 22.4. The fourth-order valence-corrected chi connectivity index (χ4v) is 3.73. The number of benzene rings is 2. The molecule has 4 aromatic rings. The van der Waals surface area contributed by atoms with E-state index in [9.17, 15) is 0 Å². The molecule has 0 fully saturated rings. The third-order valence-electron chi connectivity index (χ3n) is 5.87. The molecule has 3 N–H and O–H groups in total. The quantitative estimate of drug-likeness (QED) is 0.168. The van der Waals surface area contributed by atoms with E-state index in [-0.39, 0.29) is 24.0 Å². The van der Waals surface area contributed by atoms with Crippen molar-refractivity contribution in [3.63, 3.8) is 0 Å². The number of ether oxygens (including phenoxy) is 1. The molecule has 8 nitrogen and oxygen atoms in total. The minimum absolute atomic E-state index is 0. The average Bonchev–Trinajstić information content (AvgIpc) is 3.39. The zero-order chi connectivity index (χ0) is 23.2. The summed E-state index contributed by atoms with van der Waals surface area (Å²) in [4.78, 5) is 8.19. The lowest BCUT2D eigenvalue weighted by molar-refractivity contribution is 0.414. The second-order valence-electron chi connectivity index (χ2n) is 8.08. The van der Waals surface area contributed by atoms with Crippen LogP contribution >= 0.6 is 24.0 Å². The van der Waals surface area contributed by atoms with Gasteiger partial charge in [0.15, 0.2) is 11.8 Å². The van der Waals surface area contributed by atoms with Gasteiger partial charge in [-0.15, -0.1) is 34.2 Å². The van der Waals surface area contributed by atoms with Crippen LogP contribution in [0.2, 0.25) is 0 Å². The van der Waals surface area contributed by atoms with Crippen molar-refractivity contribution in [3.05, 3.63) is 77.0 Å². The number of guanidine groups is 1. The monoisotopic (exact) mass is 573 g/mol. The first kappa shape index (κ1) is 25.5. The molecule has 9 heteroatoms. The predicted molar refractivity (Wildman–Crippen MR) is 147 cm³/mol. The smallest absolute Gasteiger partial charge is 0.191 e. The minimum Gasteiger partial charge on any atom is -0.497 e. The van der Waals surface area contributed by atoms with Crippen LogP contribution in [-0.2, 0) is 26.6 Å². The third kappa shape index (κ3) is 6.07. The summed E-state index contributed by atoms with van der Waals surface area (Å²) < 4.78 is 7.22. The van der Waals surface area contributed by atoms with Crippen molar-refractivity contribution in [3.8, 4) is 5.75 Å². The summed E-state index contributed by atoms with van der Waals surface area (Å²) >= 11 is 0. The second-order valence-corrected chi connectivity index (χ2v) is 8.08. The molecule has 4 rings (SSSR count). The van der Waals surface area contributed by atoms with Crippen molar-refractivity contribution in [2.24, 2.45) is 12.0 Å². The molecule has 0 saturated carbocycles. The van der Waals surface area contributed by atoms with Crippen LogP contribution in [0, 0.1) is 13.8 Å². The number of para-hydroxylation sites is 1. The number of nitrogens with one attached hydrogen (secondary N) is 3. The lowest BCUT2D eigenvalue weighted by Gasteiger charge is -2.13. The number of hydrogen-bond donors (Lipinski definition) is 3. The van der Waals surface area contributed by atoms with E-state index in [2.05, 4.69) is 57.1 Å². The number of aromatic amines is 1. The maximum absolute atomic E-state index is 5.24. The number of methoxy groups -OCH3 is 1. The maximum atomic E-state index is 5.24. The number of nitrogens with zero attached hydrogens (tertiary/aromatic N) is 4. The minimum atomic E-state index is 0. The Bertz CT molecular complexity index is 1240. The lowest BCUT2D eigenvalue weighted by atomic mass is 10.1. The maximum Gasteiger partial charge on any atom is 0.191 e. The highest BCUT2D eigenvalue weighted by Gasteiger charge is 2.08. The first-order valence-corrected chi connectivity index (χ1v) is 11.1. The standard InChI is InChI=1S/C25H31N7O.HI/c1-17-6-5-7-22-20(15-27-24(17)22)12-13-26-25(29-16-23-31-30-18(2)32(23)3)28-14-19-8-10-21(33-4)11-9-19;/h5-11,15,27H,12-14,16H2,1-4H3,(H2,26,28,29);1H. The normalized spacial score (nSPS) is 11.4.